The van der Waals surface area contributed by atoms with Crippen LogP contribution in [0, 0.1) is 0 Å². The second-order valence-electron chi connectivity index (χ2n) is 6.75. The highest BCUT2D eigenvalue weighted by Gasteiger charge is 2.14. The molecule has 0 fully saturated rings. The lowest BCUT2D eigenvalue weighted by atomic mass is 9.91. The fourth-order valence-electron chi connectivity index (χ4n) is 3.17. The van der Waals surface area contributed by atoms with Crippen molar-refractivity contribution >= 4 is 35.8 Å². The van der Waals surface area contributed by atoms with Gasteiger partial charge in [0.15, 0.2) is 5.96 Å². The van der Waals surface area contributed by atoms with E-state index in [4.69, 9.17) is 0 Å². The Hall–Kier alpha value is -2.94. The van der Waals surface area contributed by atoms with Crippen molar-refractivity contribution in [2.24, 2.45) is 4.99 Å². The smallest absolute Gasteiger partial charge is 0.252 e. The number of aromatic nitrogens is 1. The topological polar surface area (TPSA) is 78.4 Å². The van der Waals surface area contributed by atoms with Crippen molar-refractivity contribution < 1.29 is 4.79 Å². The maximum atomic E-state index is 12.1. The molecule has 3 N–H and O–H groups in total. The zero-order chi connectivity index (χ0) is 21.0. The van der Waals surface area contributed by atoms with E-state index < -0.39 is 0 Å². The average Bonchev–Trinajstić information content (AvgIpc) is 2.82. The summed E-state index contributed by atoms with van der Waals surface area (Å²) in [5.74, 6) is 0.764. The van der Waals surface area contributed by atoms with Gasteiger partial charge in [-0.15, -0.1) is 24.0 Å². The van der Waals surface area contributed by atoms with Gasteiger partial charge < -0.3 is 16.0 Å². The van der Waals surface area contributed by atoms with Gasteiger partial charge >= 0.3 is 0 Å². The molecule has 0 unspecified atom stereocenters. The zero-order valence-corrected chi connectivity index (χ0v) is 19.8. The van der Waals surface area contributed by atoms with Crippen molar-refractivity contribution in [1.82, 2.24) is 20.9 Å². The molecule has 0 bridgehead atoms. The number of pyridine rings is 1. The van der Waals surface area contributed by atoms with E-state index in [2.05, 4.69) is 74.5 Å². The van der Waals surface area contributed by atoms with E-state index in [9.17, 15) is 4.79 Å². The van der Waals surface area contributed by atoms with Crippen LogP contribution in [0.25, 0.3) is 0 Å². The molecule has 0 saturated heterocycles. The second-order valence-corrected chi connectivity index (χ2v) is 6.75. The molecule has 6 nitrogen and oxygen atoms in total. The van der Waals surface area contributed by atoms with E-state index in [1.54, 1.807) is 31.6 Å². The van der Waals surface area contributed by atoms with Crippen molar-refractivity contribution in [2.75, 3.05) is 26.7 Å². The van der Waals surface area contributed by atoms with Crippen LogP contribution in [0.5, 0.6) is 0 Å². The van der Waals surface area contributed by atoms with Crippen LogP contribution in [0.2, 0.25) is 0 Å². The molecule has 162 valence electrons. The van der Waals surface area contributed by atoms with Crippen molar-refractivity contribution in [1.29, 1.82) is 0 Å². The maximum Gasteiger partial charge on any atom is 0.252 e. The Morgan fingerprint density at radius 2 is 1.48 bits per heavy atom. The SMILES string of the molecule is CN=C(NCCNC(=O)c1cccnc1)NCC(c1ccccc1)c1ccccc1.I. The number of benzene rings is 2. The fraction of sp³-hybridized carbons (Fsp3) is 0.208. The van der Waals surface area contributed by atoms with E-state index >= 15 is 0 Å². The first-order valence-corrected chi connectivity index (χ1v) is 10.0. The van der Waals surface area contributed by atoms with E-state index in [0.29, 0.717) is 31.2 Å². The van der Waals surface area contributed by atoms with Crippen molar-refractivity contribution in [3.8, 4) is 0 Å². The van der Waals surface area contributed by atoms with Crippen LogP contribution in [0.1, 0.15) is 27.4 Å². The number of carbonyl (C=O) groups excluding carboxylic acids is 1. The van der Waals surface area contributed by atoms with Gasteiger partial charge in [0.25, 0.3) is 5.91 Å². The first-order chi connectivity index (χ1) is 14.8. The lowest BCUT2D eigenvalue weighted by molar-refractivity contribution is 0.0954. The number of hydrogen-bond acceptors (Lipinski definition) is 3. The minimum Gasteiger partial charge on any atom is -0.355 e. The van der Waals surface area contributed by atoms with Crippen LogP contribution in [-0.4, -0.2) is 43.5 Å². The molecule has 0 aliphatic heterocycles. The molecular formula is C24H28IN5O. The zero-order valence-electron chi connectivity index (χ0n) is 17.5. The molecule has 2 aromatic carbocycles. The number of aliphatic imine (C=N–C) groups is 1. The maximum absolute atomic E-state index is 12.1. The molecule has 3 aromatic rings. The number of nitrogens with zero attached hydrogens (tertiary/aromatic N) is 2. The Morgan fingerprint density at radius 3 is 2.03 bits per heavy atom. The number of amides is 1. The molecule has 1 amide bonds. The van der Waals surface area contributed by atoms with Gasteiger partial charge in [0.05, 0.1) is 5.56 Å². The molecule has 0 atom stereocenters. The third-order valence-electron chi connectivity index (χ3n) is 4.73. The Bertz CT molecular complexity index is 896. The predicted molar refractivity (Wildman–Crippen MR) is 136 cm³/mol. The minimum atomic E-state index is -0.138. The average molecular weight is 529 g/mol. The van der Waals surface area contributed by atoms with Crippen LogP contribution in [0.3, 0.4) is 0 Å². The van der Waals surface area contributed by atoms with E-state index in [1.807, 2.05) is 12.1 Å². The van der Waals surface area contributed by atoms with Gasteiger partial charge in [-0.05, 0) is 23.3 Å². The molecule has 31 heavy (non-hydrogen) atoms. The highest BCUT2D eigenvalue weighted by atomic mass is 127. The lowest BCUT2D eigenvalue weighted by Gasteiger charge is -2.20. The van der Waals surface area contributed by atoms with Crippen LogP contribution in [-0.2, 0) is 0 Å². The summed E-state index contributed by atoms with van der Waals surface area (Å²) in [6.45, 7) is 1.75. The van der Waals surface area contributed by atoms with E-state index in [-0.39, 0.29) is 35.8 Å². The molecule has 0 saturated carbocycles. The number of guanidine groups is 1. The van der Waals surface area contributed by atoms with Gasteiger partial charge in [-0.2, -0.15) is 0 Å². The summed E-state index contributed by atoms with van der Waals surface area (Å²) >= 11 is 0. The fourth-order valence-corrected chi connectivity index (χ4v) is 3.17. The Labute approximate surface area is 200 Å². The van der Waals surface area contributed by atoms with Gasteiger partial charge in [0.1, 0.15) is 0 Å². The van der Waals surface area contributed by atoms with Gasteiger partial charge in [0.2, 0.25) is 0 Å². The molecule has 3 rings (SSSR count). The quantitative estimate of drug-likeness (QED) is 0.181. The molecule has 1 heterocycles. The lowest BCUT2D eigenvalue weighted by Crippen LogP contribution is -2.42. The summed E-state index contributed by atoms with van der Waals surface area (Å²) in [4.78, 5) is 20.3. The third-order valence-corrected chi connectivity index (χ3v) is 4.73. The number of carbonyl (C=O) groups is 1. The minimum absolute atomic E-state index is 0. The molecule has 0 spiro atoms. The largest absolute Gasteiger partial charge is 0.355 e. The highest BCUT2D eigenvalue weighted by Crippen LogP contribution is 2.23. The summed E-state index contributed by atoms with van der Waals surface area (Å²) in [7, 11) is 1.74. The molecule has 7 heteroatoms. The molecule has 0 aliphatic carbocycles. The Balaban J connectivity index is 0.00000341. The Kier molecular flexibility index (Phi) is 10.5. The molecule has 1 aromatic heterocycles. The van der Waals surface area contributed by atoms with Crippen molar-refractivity contribution in [3.63, 3.8) is 0 Å². The van der Waals surface area contributed by atoms with Crippen molar-refractivity contribution in [2.45, 2.75) is 5.92 Å². The first-order valence-electron chi connectivity index (χ1n) is 10.0. The second kappa shape index (κ2) is 13.4. The normalized spacial score (nSPS) is 10.8. The van der Waals surface area contributed by atoms with Crippen LogP contribution < -0.4 is 16.0 Å². The number of nitrogens with one attached hydrogen (secondary N) is 3. The van der Waals surface area contributed by atoms with E-state index in [1.165, 1.54) is 11.1 Å². The van der Waals surface area contributed by atoms with Gasteiger partial charge in [-0.25, -0.2) is 0 Å². The monoisotopic (exact) mass is 529 g/mol. The highest BCUT2D eigenvalue weighted by molar-refractivity contribution is 14.0. The van der Waals surface area contributed by atoms with Crippen LogP contribution >= 0.6 is 24.0 Å². The molecular weight excluding hydrogens is 501 g/mol. The third kappa shape index (κ3) is 7.67. The van der Waals surface area contributed by atoms with Crippen molar-refractivity contribution in [3.05, 3.63) is 102 Å². The molecule has 0 radical (unpaired) electrons. The number of hydrogen-bond donors (Lipinski definition) is 3. The van der Waals surface area contributed by atoms with Crippen LogP contribution in [0.15, 0.2) is 90.2 Å². The predicted octanol–water partition coefficient (Wildman–Crippen LogP) is 3.43. The standard InChI is InChI=1S/C24H27N5O.HI/c1-25-24(28-16-15-27-23(30)21-13-8-14-26-17-21)29-18-22(19-9-4-2-5-10-19)20-11-6-3-7-12-20;/h2-14,17,22H,15-16,18H2,1H3,(H,27,30)(H2,25,28,29);1H. The first kappa shape index (κ1) is 24.3. The van der Waals surface area contributed by atoms with E-state index in [0.717, 1.165) is 0 Å². The summed E-state index contributed by atoms with van der Waals surface area (Å²) in [6.07, 6.45) is 3.20. The summed E-state index contributed by atoms with van der Waals surface area (Å²) in [5, 5.41) is 9.52. The van der Waals surface area contributed by atoms with Gasteiger partial charge in [-0.1, -0.05) is 60.7 Å². The number of rotatable bonds is 8. The summed E-state index contributed by atoms with van der Waals surface area (Å²) in [5.41, 5.74) is 3.04. The summed E-state index contributed by atoms with van der Waals surface area (Å²) < 4.78 is 0. The van der Waals surface area contributed by atoms with Gasteiger partial charge in [0, 0.05) is 45.0 Å². The molecule has 0 aliphatic rings. The Morgan fingerprint density at radius 1 is 0.871 bits per heavy atom. The summed E-state index contributed by atoms with van der Waals surface area (Å²) in [6, 6.07) is 24.3. The number of halogens is 1. The van der Waals surface area contributed by atoms with Crippen LogP contribution in [0.4, 0.5) is 0 Å². The van der Waals surface area contributed by atoms with Gasteiger partial charge in [-0.3, -0.25) is 14.8 Å².